The fourth-order valence-corrected chi connectivity index (χ4v) is 2.23. The van der Waals surface area contributed by atoms with Crippen LogP contribution in [-0.2, 0) is 11.2 Å². The monoisotopic (exact) mass is 293 g/mol. The molecular weight excluding hydrogens is 278 g/mol. The van der Waals surface area contributed by atoms with Gasteiger partial charge in [-0.1, -0.05) is 36.4 Å². The Balaban J connectivity index is 1.72. The number of amides is 1. The van der Waals surface area contributed by atoms with Gasteiger partial charge in [-0.15, -0.1) is 0 Å². The number of aromatic nitrogens is 2. The van der Waals surface area contributed by atoms with Crippen LogP contribution in [0.3, 0.4) is 0 Å². The second-order valence-electron chi connectivity index (χ2n) is 4.94. The maximum atomic E-state index is 12.2. The van der Waals surface area contributed by atoms with Crippen LogP contribution in [0.25, 0.3) is 5.65 Å². The van der Waals surface area contributed by atoms with Crippen molar-refractivity contribution in [2.24, 2.45) is 0 Å². The minimum atomic E-state index is -0.279. The number of anilines is 1. The molecule has 3 aromatic rings. The van der Waals surface area contributed by atoms with E-state index < -0.39 is 0 Å². The Morgan fingerprint density at radius 3 is 2.68 bits per heavy atom. The molecule has 110 valence electrons. The zero-order valence-electron chi connectivity index (χ0n) is 11.9. The lowest BCUT2D eigenvalue weighted by molar-refractivity contribution is -0.116. The van der Waals surface area contributed by atoms with E-state index in [4.69, 9.17) is 0 Å². The van der Waals surface area contributed by atoms with E-state index in [1.807, 2.05) is 30.3 Å². The van der Waals surface area contributed by atoms with Gasteiger partial charge in [0.2, 0.25) is 5.91 Å². The molecule has 3 rings (SSSR count). The molecule has 22 heavy (non-hydrogen) atoms. The molecule has 0 bridgehead atoms. The lowest BCUT2D eigenvalue weighted by Gasteiger charge is -2.06. The van der Waals surface area contributed by atoms with Gasteiger partial charge in [-0.3, -0.25) is 14.0 Å². The van der Waals surface area contributed by atoms with Gasteiger partial charge in [0.1, 0.15) is 11.3 Å². The third-order valence-corrected chi connectivity index (χ3v) is 3.37. The third kappa shape index (κ3) is 3.03. The van der Waals surface area contributed by atoms with Crippen molar-refractivity contribution in [1.29, 1.82) is 0 Å². The summed E-state index contributed by atoms with van der Waals surface area (Å²) >= 11 is 0. The number of pyridine rings is 1. The summed E-state index contributed by atoms with van der Waals surface area (Å²) < 4.78 is 1.41. The van der Waals surface area contributed by atoms with Gasteiger partial charge < -0.3 is 5.32 Å². The predicted molar refractivity (Wildman–Crippen MR) is 84.9 cm³/mol. The minimum Gasteiger partial charge on any atom is -0.320 e. The highest BCUT2D eigenvalue weighted by atomic mass is 16.2. The molecule has 0 fully saturated rings. The number of hydrogen-bond acceptors (Lipinski definition) is 3. The first-order chi connectivity index (χ1) is 10.7. The number of nitrogens with one attached hydrogen (secondary N) is 1. The Labute approximate surface area is 127 Å². The van der Waals surface area contributed by atoms with Crippen molar-refractivity contribution >= 4 is 17.2 Å². The van der Waals surface area contributed by atoms with Crippen molar-refractivity contribution in [2.45, 2.75) is 12.8 Å². The molecule has 0 unspecified atom stereocenters. The Morgan fingerprint density at radius 1 is 1.09 bits per heavy atom. The molecule has 5 nitrogen and oxygen atoms in total. The van der Waals surface area contributed by atoms with Gasteiger partial charge in [0, 0.05) is 12.6 Å². The van der Waals surface area contributed by atoms with Gasteiger partial charge in [-0.2, -0.15) is 0 Å². The number of aryl methyl sites for hydroxylation is 1. The lowest BCUT2D eigenvalue weighted by atomic mass is 10.1. The summed E-state index contributed by atoms with van der Waals surface area (Å²) in [7, 11) is 0. The van der Waals surface area contributed by atoms with E-state index in [0.29, 0.717) is 18.5 Å². The van der Waals surface area contributed by atoms with E-state index in [2.05, 4.69) is 10.3 Å². The van der Waals surface area contributed by atoms with Crippen LogP contribution in [0.4, 0.5) is 5.69 Å². The first-order valence-electron chi connectivity index (χ1n) is 7.04. The Bertz CT molecular complexity index is 856. The van der Waals surface area contributed by atoms with E-state index >= 15 is 0 Å². The van der Waals surface area contributed by atoms with E-state index in [1.54, 1.807) is 24.4 Å². The summed E-state index contributed by atoms with van der Waals surface area (Å²) in [6, 6.07) is 15.0. The maximum absolute atomic E-state index is 12.2. The van der Waals surface area contributed by atoms with Crippen LogP contribution in [0, 0.1) is 0 Å². The maximum Gasteiger partial charge on any atom is 0.281 e. The summed E-state index contributed by atoms with van der Waals surface area (Å²) in [5, 5.41) is 2.64. The number of rotatable bonds is 4. The fourth-order valence-electron chi connectivity index (χ4n) is 2.23. The van der Waals surface area contributed by atoms with Gasteiger partial charge >= 0.3 is 0 Å². The number of benzene rings is 1. The Morgan fingerprint density at radius 2 is 1.86 bits per heavy atom. The fraction of sp³-hybridized carbons (Fsp3) is 0.118. The molecule has 1 amide bonds. The molecule has 1 N–H and O–H groups in total. The van der Waals surface area contributed by atoms with Gasteiger partial charge in [0.25, 0.3) is 5.56 Å². The van der Waals surface area contributed by atoms with Crippen LogP contribution in [0.5, 0.6) is 0 Å². The molecule has 5 heteroatoms. The van der Waals surface area contributed by atoms with E-state index in [-0.39, 0.29) is 17.2 Å². The van der Waals surface area contributed by atoms with Crippen LogP contribution < -0.4 is 10.9 Å². The van der Waals surface area contributed by atoms with Crippen molar-refractivity contribution in [2.75, 3.05) is 5.32 Å². The summed E-state index contributed by atoms with van der Waals surface area (Å²) in [5.74, 6) is -0.196. The summed E-state index contributed by atoms with van der Waals surface area (Å²) in [5.41, 5.74) is 1.56. The molecule has 0 saturated carbocycles. The van der Waals surface area contributed by atoms with E-state index in [9.17, 15) is 9.59 Å². The average molecular weight is 293 g/mol. The molecule has 0 atom stereocenters. The van der Waals surface area contributed by atoms with Crippen molar-refractivity contribution in [1.82, 2.24) is 9.38 Å². The van der Waals surface area contributed by atoms with Crippen molar-refractivity contribution in [3.63, 3.8) is 0 Å². The molecule has 0 spiro atoms. The molecule has 2 aromatic heterocycles. The minimum absolute atomic E-state index is 0.196. The van der Waals surface area contributed by atoms with Gasteiger partial charge in [-0.25, -0.2) is 4.98 Å². The Hall–Kier alpha value is -2.95. The summed E-state index contributed by atoms with van der Waals surface area (Å²) in [6.07, 6.45) is 3.98. The molecule has 0 aliphatic carbocycles. The zero-order valence-corrected chi connectivity index (χ0v) is 11.9. The average Bonchev–Trinajstić information content (AvgIpc) is 2.57. The van der Waals surface area contributed by atoms with E-state index in [1.165, 1.54) is 10.6 Å². The van der Waals surface area contributed by atoms with Crippen molar-refractivity contribution < 1.29 is 4.79 Å². The first-order valence-corrected chi connectivity index (χ1v) is 7.04. The van der Waals surface area contributed by atoms with Crippen LogP contribution in [-0.4, -0.2) is 15.3 Å². The van der Waals surface area contributed by atoms with Gasteiger partial charge in [-0.05, 0) is 24.1 Å². The number of hydrogen-bond donors (Lipinski definition) is 1. The second kappa shape index (κ2) is 6.22. The van der Waals surface area contributed by atoms with Crippen LogP contribution >= 0.6 is 0 Å². The third-order valence-electron chi connectivity index (χ3n) is 3.37. The molecule has 0 aliphatic heterocycles. The lowest BCUT2D eigenvalue weighted by Crippen LogP contribution is -2.23. The molecular formula is C17H15N3O2. The first kappa shape index (κ1) is 14.0. The Kier molecular flexibility index (Phi) is 3.96. The molecule has 2 heterocycles. The number of carbonyl (C=O) groups is 1. The summed E-state index contributed by atoms with van der Waals surface area (Å²) in [4.78, 5) is 28.4. The van der Waals surface area contributed by atoms with Crippen LogP contribution in [0.15, 0.2) is 65.7 Å². The second-order valence-corrected chi connectivity index (χ2v) is 4.94. The number of nitrogens with zero attached hydrogens (tertiary/aromatic N) is 2. The highest BCUT2D eigenvalue weighted by molar-refractivity contribution is 5.90. The largest absolute Gasteiger partial charge is 0.320 e. The summed E-state index contributed by atoms with van der Waals surface area (Å²) in [6.45, 7) is 0. The van der Waals surface area contributed by atoms with Gasteiger partial charge in [0.05, 0.1) is 6.20 Å². The van der Waals surface area contributed by atoms with Crippen LogP contribution in [0.2, 0.25) is 0 Å². The standard InChI is InChI=1S/C17H15N3O2/c21-16(10-9-13-6-2-1-3-7-13)19-14-12-18-15-8-4-5-11-20(15)17(14)22/h1-8,11-12H,9-10H2,(H,19,21). The van der Waals surface area contributed by atoms with Crippen molar-refractivity contribution in [3.8, 4) is 0 Å². The number of carbonyl (C=O) groups excluding carboxylic acids is 1. The topological polar surface area (TPSA) is 63.5 Å². The normalized spacial score (nSPS) is 10.5. The molecule has 0 aliphatic rings. The SMILES string of the molecule is O=C(CCc1ccccc1)Nc1cnc2ccccn2c1=O. The van der Waals surface area contributed by atoms with Gasteiger partial charge in [0.15, 0.2) is 0 Å². The van der Waals surface area contributed by atoms with Crippen LogP contribution in [0.1, 0.15) is 12.0 Å². The predicted octanol–water partition coefficient (Wildman–Crippen LogP) is 2.27. The van der Waals surface area contributed by atoms with E-state index in [0.717, 1.165) is 5.56 Å². The molecule has 1 aromatic carbocycles. The highest BCUT2D eigenvalue weighted by Gasteiger charge is 2.08. The zero-order chi connectivity index (χ0) is 15.4. The quantitative estimate of drug-likeness (QED) is 0.802. The highest BCUT2D eigenvalue weighted by Crippen LogP contribution is 2.05. The van der Waals surface area contributed by atoms with Crippen molar-refractivity contribution in [3.05, 3.63) is 76.8 Å². The molecule has 0 radical (unpaired) electrons. The molecule has 0 saturated heterocycles. The smallest absolute Gasteiger partial charge is 0.281 e. The number of fused-ring (bicyclic) bond motifs is 1.